The molecule has 1 aromatic heterocycles. The summed E-state index contributed by atoms with van der Waals surface area (Å²) in [5, 5.41) is 4.99. The monoisotopic (exact) mass is 362 g/mol. The van der Waals surface area contributed by atoms with Gasteiger partial charge in [0, 0.05) is 0 Å². The summed E-state index contributed by atoms with van der Waals surface area (Å²) in [5.41, 5.74) is -0.0358. The van der Waals surface area contributed by atoms with Crippen molar-refractivity contribution in [2.45, 2.75) is 26.3 Å². The minimum Gasteiger partial charge on any atom is -0.251 e. The van der Waals surface area contributed by atoms with Crippen LogP contribution in [0, 0.1) is 3.70 Å². The molecular weight excluding hydrogens is 354 g/mol. The van der Waals surface area contributed by atoms with Gasteiger partial charge < -0.3 is 0 Å². The molecule has 0 saturated heterocycles. The summed E-state index contributed by atoms with van der Waals surface area (Å²) >= 11 is 11.5. The van der Waals surface area contributed by atoms with Gasteiger partial charge in [-0.05, 0) is 59.3 Å². The van der Waals surface area contributed by atoms with Crippen molar-refractivity contribution in [3.8, 4) is 0 Å². The van der Waals surface area contributed by atoms with E-state index in [9.17, 15) is 0 Å². The molecule has 0 aliphatic heterocycles. The molecule has 0 aliphatic carbocycles. The fraction of sp³-hybridized carbons (Fsp3) is 0.571. The Labute approximate surface area is 98.9 Å². The van der Waals surface area contributed by atoms with Crippen LogP contribution < -0.4 is 0 Å². The maximum Gasteiger partial charge on any atom is 0.143 e. The molecule has 0 saturated carbocycles. The van der Waals surface area contributed by atoms with Crippen molar-refractivity contribution in [2.24, 2.45) is 0 Å². The Kier molecular flexibility index (Phi) is 3.11. The van der Waals surface area contributed by atoms with Crippen LogP contribution in [0.1, 0.15) is 20.8 Å². The van der Waals surface area contributed by atoms with E-state index in [0.29, 0.717) is 5.02 Å². The summed E-state index contributed by atoms with van der Waals surface area (Å²) in [6.07, 6.45) is 0. The van der Waals surface area contributed by atoms with Gasteiger partial charge in [-0.15, -0.1) is 0 Å². The molecule has 0 radical (unpaired) electrons. The Morgan fingerprint density at radius 2 is 2.00 bits per heavy atom. The number of aromatic nitrogens is 2. The van der Waals surface area contributed by atoms with E-state index in [2.05, 4.69) is 64.4 Å². The van der Waals surface area contributed by atoms with E-state index < -0.39 is 0 Å². The molecule has 2 nitrogen and oxygen atoms in total. The van der Waals surface area contributed by atoms with Crippen LogP contribution in [-0.4, -0.2) is 9.78 Å². The quantitative estimate of drug-likeness (QED) is 0.644. The highest BCUT2D eigenvalue weighted by atomic mass is 127. The Hall–Kier alpha value is 0.710. The Morgan fingerprint density at radius 1 is 1.50 bits per heavy atom. The minimum atomic E-state index is -0.0358. The molecule has 1 aromatic rings. The summed E-state index contributed by atoms with van der Waals surface area (Å²) in [5.74, 6) is 0. The van der Waals surface area contributed by atoms with Crippen molar-refractivity contribution >= 4 is 50.1 Å². The number of halogens is 3. The highest BCUT2D eigenvalue weighted by Gasteiger charge is 2.21. The van der Waals surface area contributed by atoms with Gasteiger partial charge in [-0.1, -0.05) is 11.6 Å². The molecule has 0 amide bonds. The fourth-order valence-corrected chi connectivity index (χ4v) is 2.56. The standard InChI is InChI=1S/C7H9BrClIN2/c1-7(2,3)12-5(8)4(9)6(10)11-12/h1-3H3. The topological polar surface area (TPSA) is 17.8 Å². The maximum absolute atomic E-state index is 5.97. The van der Waals surface area contributed by atoms with Gasteiger partial charge in [0.05, 0.1) is 5.54 Å². The largest absolute Gasteiger partial charge is 0.251 e. The molecule has 0 aromatic carbocycles. The van der Waals surface area contributed by atoms with E-state index in [1.165, 1.54) is 0 Å². The number of hydrogen-bond acceptors (Lipinski definition) is 1. The van der Waals surface area contributed by atoms with Crippen LogP contribution in [0.2, 0.25) is 5.02 Å². The number of nitrogens with zero attached hydrogens (tertiary/aromatic N) is 2. The Bertz CT molecular complexity index is 303. The zero-order valence-electron chi connectivity index (χ0n) is 7.03. The molecule has 0 bridgehead atoms. The van der Waals surface area contributed by atoms with Crippen LogP contribution in [0.15, 0.2) is 4.60 Å². The number of hydrogen-bond donors (Lipinski definition) is 0. The zero-order chi connectivity index (χ0) is 9.52. The molecule has 1 heterocycles. The van der Waals surface area contributed by atoms with Crippen molar-refractivity contribution in [2.75, 3.05) is 0 Å². The summed E-state index contributed by atoms with van der Waals surface area (Å²) in [6.45, 7) is 6.24. The van der Waals surface area contributed by atoms with Crippen LogP contribution in [0.5, 0.6) is 0 Å². The first kappa shape index (κ1) is 10.8. The van der Waals surface area contributed by atoms with E-state index in [1.54, 1.807) is 0 Å². The first-order chi connectivity index (χ1) is 5.34. The SMILES string of the molecule is CC(C)(C)n1nc(I)c(Cl)c1Br. The van der Waals surface area contributed by atoms with E-state index in [-0.39, 0.29) is 5.54 Å². The average molecular weight is 363 g/mol. The number of rotatable bonds is 0. The molecule has 0 atom stereocenters. The van der Waals surface area contributed by atoms with Gasteiger partial charge in [-0.2, -0.15) is 5.10 Å². The highest BCUT2D eigenvalue weighted by Crippen LogP contribution is 2.31. The Morgan fingerprint density at radius 3 is 2.17 bits per heavy atom. The fourth-order valence-electron chi connectivity index (χ4n) is 0.798. The molecule has 0 unspecified atom stereocenters. The van der Waals surface area contributed by atoms with E-state index in [4.69, 9.17) is 11.6 Å². The third-order valence-corrected chi connectivity index (χ3v) is 3.76. The predicted molar refractivity (Wildman–Crippen MR) is 62.7 cm³/mol. The molecule has 0 N–H and O–H groups in total. The predicted octanol–water partition coefficient (Wildman–Crippen LogP) is 3.66. The van der Waals surface area contributed by atoms with Crippen molar-refractivity contribution in [3.05, 3.63) is 13.3 Å². The second-order valence-corrected chi connectivity index (χ2v) is 5.63. The smallest absolute Gasteiger partial charge is 0.143 e. The molecule has 0 spiro atoms. The van der Waals surface area contributed by atoms with Gasteiger partial charge in [0.25, 0.3) is 0 Å². The average Bonchev–Trinajstić information content (AvgIpc) is 2.15. The van der Waals surface area contributed by atoms with E-state index in [1.807, 2.05) is 4.68 Å². The highest BCUT2D eigenvalue weighted by molar-refractivity contribution is 14.1. The van der Waals surface area contributed by atoms with Gasteiger partial charge in [-0.3, -0.25) is 4.68 Å². The van der Waals surface area contributed by atoms with Crippen LogP contribution >= 0.6 is 50.1 Å². The Balaban J connectivity index is 3.28. The summed E-state index contributed by atoms with van der Waals surface area (Å²) in [6, 6.07) is 0. The lowest BCUT2D eigenvalue weighted by atomic mass is 10.1. The van der Waals surface area contributed by atoms with Crippen molar-refractivity contribution < 1.29 is 0 Å². The van der Waals surface area contributed by atoms with Gasteiger partial charge in [0.1, 0.15) is 13.3 Å². The zero-order valence-corrected chi connectivity index (χ0v) is 11.5. The second kappa shape index (κ2) is 3.46. The second-order valence-electron chi connectivity index (χ2n) is 3.48. The van der Waals surface area contributed by atoms with Gasteiger partial charge >= 0.3 is 0 Å². The van der Waals surface area contributed by atoms with Crippen LogP contribution in [0.4, 0.5) is 0 Å². The van der Waals surface area contributed by atoms with Crippen LogP contribution in [0.3, 0.4) is 0 Å². The molecule has 68 valence electrons. The van der Waals surface area contributed by atoms with Crippen LogP contribution in [-0.2, 0) is 5.54 Å². The van der Waals surface area contributed by atoms with Crippen LogP contribution in [0.25, 0.3) is 0 Å². The summed E-state index contributed by atoms with van der Waals surface area (Å²) in [7, 11) is 0. The lowest BCUT2D eigenvalue weighted by Crippen LogP contribution is -2.23. The summed E-state index contributed by atoms with van der Waals surface area (Å²) < 4.78 is 3.55. The van der Waals surface area contributed by atoms with Crippen molar-refractivity contribution in [1.29, 1.82) is 0 Å². The first-order valence-electron chi connectivity index (χ1n) is 3.44. The van der Waals surface area contributed by atoms with E-state index in [0.717, 1.165) is 8.30 Å². The summed E-state index contributed by atoms with van der Waals surface area (Å²) in [4.78, 5) is 0. The van der Waals surface area contributed by atoms with Gasteiger partial charge in [-0.25, -0.2) is 0 Å². The van der Waals surface area contributed by atoms with Crippen molar-refractivity contribution in [3.63, 3.8) is 0 Å². The maximum atomic E-state index is 5.97. The normalized spacial score (nSPS) is 12.2. The lowest BCUT2D eigenvalue weighted by molar-refractivity contribution is 0.347. The molecule has 0 aliphatic rings. The van der Waals surface area contributed by atoms with Gasteiger partial charge in [0.15, 0.2) is 0 Å². The lowest BCUT2D eigenvalue weighted by Gasteiger charge is -2.20. The van der Waals surface area contributed by atoms with Crippen molar-refractivity contribution in [1.82, 2.24) is 9.78 Å². The molecule has 1 rings (SSSR count). The third-order valence-electron chi connectivity index (χ3n) is 1.37. The molecule has 12 heavy (non-hydrogen) atoms. The van der Waals surface area contributed by atoms with E-state index >= 15 is 0 Å². The first-order valence-corrected chi connectivity index (χ1v) is 5.69. The third kappa shape index (κ3) is 1.96. The van der Waals surface area contributed by atoms with Gasteiger partial charge in [0.2, 0.25) is 0 Å². The molecular formula is C7H9BrClIN2. The molecule has 5 heteroatoms. The minimum absolute atomic E-state index is 0.0358. The molecule has 0 fully saturated rings.